The van der Waals surface area contributed by atoms with Gasteiger partial charge in [0.05, 0.1) is 37.5 Å². The smallest absolute Gasteiger partial charge is 0.339 e. The number of non-ortho nitro benzene ring substituents is 1. The van der Waals surface area contributed by atoms with Gasteiger partial charge < -0.3 is 9.15 Å². The molecular weight excluding hydrogens is 470 g/mol. The van der Waals surface area contributed by atoms with E-state index in [4.69, 9.17) is 9.15 Å². The van der Waals surface area contributed by atoms with E-state index >= 15 is 0 Å². The number of nitrogens with one attached hydrogen (secondary N) is 1. The Bertz CT molecular complexity index is 1830. The second kappa shape index (κ2) is 8.15. The molecule has 0 fully saturated rings. The lowest BCUT2D eigenvalue weighted by Crippen LogP contribution is -2.02. The van der Waals surface area contributed by atoms with E-state index in [-0.39, 0.29) is 17.5 Å². The minimum atomic E-state index is -0.543. The van der Waals surface area contributed by atoms with Crippen LogP contribution < -0.4 is 15.7 Å². The van der Waals surface area contributed by atoms with Crippen LogP contribution in [0.2, 0.25) is 0 Å². The number of aromatic nitrogens is 3. The van der Waals surface area contributed by atoms with Crippen molar-refractivity contribution in [1.82, 2.24) is 15.0 Å². The van der Waals surface area contributed by atoms with Crippen LogP contribution in [-0.4, -0.2) is 19.9 Å². The lowest BCUT2D eigenvalue weighted by Gasteiger charge is -2.11. The molecule has 0 saturated heterocycles. The topological polar surface area (TPSA) is 133 Å². The molecule has 3 heterocycles. The Balaban J connectivity index is 1.42. The summed E-state index contributed by atoms with van der Waals surface area (Å²) >= 11 is 1.24. The van der Waals surface area contributed by atoms with E-state index in [0.717, 1.165) is 0 Å². The van der Waals surface area contributed by atoms with Crippen molar-refractivity contribution in [1.29, 1.82) is 0 Å². The molecule has 0 amide bonds. The molecule has 0 aliphatic rings. The van der Waals surface area contributed by atoms with E-state index in [1.54, 1.807) is 24.3 Å². The van der Waals surface area contributed by atoms with E-state index in [1.165, 1.54) is 29.5 Å². The molecule has 0 aliphatic carbocycles. The van der Waals surface area contributed by atoms with Gasteiger partial charge in [-0.1, -0.05) is 35.6 Å². The number of rotatable bonds is 5. The highest BCUT2D eigenvalue weighted by Gasteiger charge is 2.15. The summed E-state index contributed by atoms with van der Waals surface area (Å²) in [7, 11) is 0. The molecule has 10 nitrogen and oxygen atoms in total. The minimum Gasteiger partial charge on any atom is -0.437 e. The third kappa shape index (κ3) is 3.89. The summed E-state index contributed by atoms with van der Waals surface area (Å²) in [4.78, 5) is 36.2. The monoisotopic (exact) mass is 483 g/mol. The molecule has 3 aromatic carbocycles. The van der Waals surface area contributed by atoms with Gasteiger partial charge in [0.2, 0.25) is 11.8 Å². The van der Waals surface area contributed by atoms with Gasteiger partial charge in [-0.05, 0) is 30.3 Å². The quantitative estimate of drug-likeness (QED) is 0.184. The van der Waals surface area contributed by atoms with Gasteiger partial charge in [-0.2, -0.15) is 4.98 Å². The summed E-state index contributed by atoms with van der Waals surface area (Å²) in [6.45, 7) is 0. The normalized spacial score (nSPS) is 11.2. The third-order valence-electron chi connectivity index (χ3n) is 5.19. The molecular formula is C24H13N5O5S. The zero-order chi connectivity index (χ0) is 23.9. The van der Waals surface area contributed by atoms with E-state index in [2.05, 4.69) is 20.3 Å². The molecule has 1 N–H and O–H groups in total. The molecule has 0 aliphatic heterocycles. The van der Waals surface area contributed by atoms with Gasteiger partial charge in [-0.15, -0.1) is 0 Å². The number of thiazole rings is 1. The predicted molar refractivity (Wildman–Crippen MR) is 132 cm³/mol. The predicted octanol–water partition coefficient (Wildman–Crippen LogP) is 5.79. The second-order valence-corrected chi connectivity index (χ2v) is 8.48. The Morgan fingerprint density at radius 1 is 0.914 bits per heavy atom. The van der Waals surface area contributed by atoms with Crippen LogP contribution in [0.5, 0.6) is 11.6 Å². The third-order valence-corrected chi connectivity index (χ3v) is 6.12. The van der Waals surface area contributed by atoms with E-state index in [9.17, 15) is 14.9 Å². The number of para-hydroxylation sites is 2. The summed E-state index contributed by atoms with van der Waals surface area (Å²) in [6.07, 6.45) is 0. The zero-order valence-electron chi connectivity index (χ0n) is 17.7. The molecule has 11 heteroatoms. The number of nitro benzene ring substituents is 1. The molecule has 0 unspecified atom stereocenters. The number of hydrogen-bond acceptors (Lipinski definition) is 10. The molecule has 0 saturated carbocycles. The molecule has 6 aromatic rings. The van der Waals surface area contributed by atoms with Crippen molar-refractivity contribution in [2.75, 3.05) is 5.32 Å². The number of hydrogen-bond donors (Lipinski definition) is 1. The SMILES string of the molecule is O=c1cc(Oc2nc(Nc3nc4ccc([N+](=O)[O-])cc4s3)nc3ccccc23)c2ccccc2o1. The summed E-state index contributed by atoms with van der Waals surface area (Å²) in [6, 6.07) is 20.1. The van der Waals surface area contributed by atoms with Gasteiger partial charge in [0, 0.05) is 12.1 Å². The molecule has 35 heavy (non-hydrogen) atoms. The van der Waals surface area contributed by atoms with Crippen LogP contribution in [0.25, 0.3) is 32.1 Å². The first kappa shape index (κ1) is 20.7. The minimum absolute atomic E-state index is 0.00935. The molecule has 0 radical (unpaired) electrons. The summed E-state index contributed by atoms with van der Waals surface area (Å²) < 4.78 is 12.0. The standard InChI is InChI=1S/C24H13N5O5S/c30-21-12-19(15-6-2-4-8-18(15)33-21)34-22-14-5-1-3-7-16(14)25-23(27-22)28-24-26-17-10-9-13(29(31)32)11-20(17)35-24/h1-12H,(H,25,26,27,28). The van der Waals surface area contributed by atoms with Gasteiger partial charge >= 0.3 is 5.63 Å². The van der Waals surface area contributed by atoms with Gasteiger partial charge in [-0.3, -0.25) is 15.4 Å². The average Bonchev–Trinajstić information content (AvgIpc) is 3.25. The highest BCUT2D eigenvalue weighted by molar-refractivity contribution is 7.22. The summed E-state index contributed by atoms with van der Waals surface area (Å²) in [5.41, 5.74) is 1.08. The lowest BCUT2D eigenvalue weighted by atomic mass is 10.2. The van der Waals surface area contributed by atoms with E-state index < -0.39 is 10.5 Å². The number of nitro groups is 1. The number of fused-ring (bicyclic) bond motifs is 3. The van der Waals surface area contributed by atoms with E-state index in [0.29, 0.717) is 43.0 Å². The van der Waals surface area contributed by atoms with Crippen LogP contribution in [0, 0.1) is 10.1 Å². The van der Waals surface area contributed by atoms with Crippen molar-refractivity contribution in [3.8, 4) is 11.6 Å². The Hall–Kier alpha value is -4.90. The lowest BCUT2D eigenvalue weighted by molar-refractivity contribution is -0.384. The first-order valence-corrected chi connectivity index (χ1v) is 11.1. The van der Waals surface area contributed by atoms with Crippen LogP contribution in [-0.2, 0) is 0 Å². The summed E-state index contributed by atoms with van der Waals surface area (Å²) in [5.74, 6) is 0.768. The van der Waals surface area contributed by atoms with Gasteiger partial charge in [0.25, 0.3) is 5.69 Å². The Labute approximate surface area is 199 Å². The van der Waals surface area contributed by atoms with Crippen LogP contribution in [0.15, 0.2) is 82.0 Å². The fourth-order valence-corrected chi connectivity index (χ4v) is 4.52. The number of anilines is 2. The second-order valence-electron chi connectivity index (χ2n) is 7.45. The first-order valence-electron chi connectivity index (χ1n) is 10.3. The molecule has 0 spiro atoms. The fourth-order valence-electron chi connectivity index (χ4n) is 3.63. The molecule has 6 rings (SSSR count). The van der Waals surface area contributed by atoms with Gasteiger partial charge in [0.1, 0.15) is 11.3 Å². The fraction of sp³-hybridized carbons (Fsp3) is 0. The van der Waals surface area contributed by atoms with Crippen molar-refractivity contribution >= 4 is 60.2 Å². The Morgan fingerprint density at radius 3 is 2.57 bits per heavy atom. The average molecular weight is 483 g/mol. The maximum Gasteiger partial charge on any atom is 0.339 e. The molecule has 0 atom stereocenters. The van der Waals surface area contributed by atoms with Gasteiger partial charge in [0.15, 0.2) is 5.13 Å². The van der Waals surface area contributed by atoms with Crippen molar-refractivity contribution < 1.29 is 14.1 Å². The maximum absolute atomic E-state index is 12.1. The number of nitrogens with zero attached hydrogens (tertiary/aromatic N) is 4. The highest BCUT2D eigenvalue weighted by Crippen LogP contribution is 2.34. The van der Waals surface area contributed by atoms with Crippen molar-refractivity contribution in [3.63, 3.8) is 0 Å². The number of benzene rings is 3. The Morgan fingerprint density at radius 2 is 1.71 bits per heavy atom. The largest absolute Gasteiger partial charge is 0.437 e. The summed E-state index contributed by atoms with van der Waals surface area (Å²) in [5, 5.41) is 15.9. The Kier molecular flexibility index (Phi) is 4.82. The molecule has 3 aromatic heterocycles. The van der Waals surface area contributed by atoms with Gasteiger partial charge in [-0.25, -0.2) is 14.8 Å². The molecule has 0 bridgehead atoms. The molecule has 170 valence electrons. The van der Waals surface area contributed by atoms with Crippen molar-refractivity contribution in [2.24, 2.45) is 0 Å². The van der Waals surface area contributed by atoms with E-state index in [1.807, 2.05) is 30.3 Å². The first-order chi connectivity index (χ1) is 17.0. The zero-order valence-corrected chi connectivity index (χ0v) is 18.5. The van der Waals surface area contributed by atoms with Crippen LogP contribution >= 0.6 is 11.3 Å². The maximum atomic E-state index is 12.1. The van der Waals surface area contributed by atoms with Crippen LogP contribution in [0.4, 0.5) is 16.8 Å². The number of ether oxygens (including phenoxy) is 1. The van der Waals surface area contributed by atoms with Crippen LogP contribution in [0.1, 0.15) is 0 Å². The van der Waals surface area contributed by atoms with Crippen LogP contribution in [0.3, 0.4) is 0 Å². The highest BCUT2D eigenvalue weighted by atomic mass is 32.1. The van der Waals surface area contributed by atoms with Crippen molar-refractivity contribution in [3.05, 3.63) is 93.3 Å². The van der Waals surface area contributed by atoms with Crippen molar-refractivity contribution in [2.45, 2.75) is 0 Å².